The molecule has 1 aliphatic heterocycles. The molecule has 0 aromatic carbocycles. The molecule has 4 nitrogen and oxygen atoms in total. The van der Waals surface area contributed by atoms with E-state index in [2.05, 4.69) is 11.2 Å². The highest BCUT2D eigenvalue weighted by Crippen LogP contribution is 2.22. The number of ether oxygens (including phenoxy) is 2. The number of hydrogen-bond acceptors (Lipinski definition) is 4. The normalized spacial score (nSPS) is 26.4. The minimum atomic E-state index is -0.655. The van der Waals surface area contributed by atoms with Gasteiger partial charge in [-0.25, -0.2) is 0 Å². The number of carbonyl (C=O) groups is 1. The zero-order valence-corrected chi connectivity index (χ0v) is 9.04. The third-order valence-corrected chi connectivity index (χ3v) is 2.67. The van der Waals surface area contributed by atoms with Gasteiger partial charge in [-0.15, -0.1) is 6.42 Å². The summed E-state index contributed by atoms with van der Waals surface area (Å²) in [5.74, 6) is 2.23. The van der Waals surface area contributed by atoms with Gasteiger partial charge in [0.15, 0.2) is 0 Å². The fourth-order valence-corrected chi connectivity index (χ4v) is 1.82. The average Bonchev–Trinajstić information content (AvgIpc) is 2.51. The lowest BCUT2D eigenvalue weighted by Crippen LogP contribution is -2.53. The lowest BCUT2D eigenvalue weighted by molar-refractivity contribution is -0.149. The smallest absolute Gasteiger partial charge is 0.326 e. The first-order valence-corrected chi connectivity index (χ1v) is 5.10. The first-order chi connectivity index (χ1) is 7.25. The van der Waals surface area contributed by atoms with Gasteiger partial charge in [0.1, 0.15) is 5.54 Å². The van der Waals surface area contributed by atoms with Crippen LogP contribution in [0.4, 0.5) is 0 Å². The van der Waals surface area contributed by atoms with Gasteiger partial charge in [-0.2, -0.15) is 0 Å². The predicted octanol–water partition coefficient (Wildman–Crippen LogP) is 0.321. The lowest BCUT2D eigenvalue weighted by Gasteiger charge is -2.29. The van der Waals surface area contributed by atoms with Crippen molar-refractivity contribution in [3.63, 3.8) is 0 Å². The van der Waals surface area contributed by atoms with E-state index in [1.807, 2.05) is 0 Å². The molecular weight excluding hydrogens is 194 g/mol. The fourth-order valence-electron chi connectivity index (χ4n) is 1.82. The Bertz CT molecular complexity index is 249. The summed E-state index contributed by atoms with van der Waals surface area (Å²) in [6.45, 7) is 1.62. The van der Waals surface area contributed by atoms with Crippen LogP contribution in [0, 0.1) is 12.3 Å². The van der Waals surface area contributed by atoms with Crippen molar-refractivity contribution < 1.29 is 14.3 Å². The molecule has 1 aliphatic rings. The number of esters is 1. The molecule has 1 saturated heterocycles. The Labute approximate surface area is 90.3 Å². The van der Waals surface area contributed by atoms with Crippen molar-refractivity contribution in [3.8, 4) is 12.3 Å². The molecule has 0 radical (unpaired) electrons. The number of terminal acetylenes is 1. The molecule has 1 fully saturated rings. The standard InChI is InChI=1S/C11H17NO3/c1-3-7-12-11(10(13)14-2)5-4-8-15-9-6-11/h1,12H,4-9H2,2H3. The molecule has 4 heteroatoms. The summed E-state index contributed by atoms with van der Waals surface area (Å²) in [5.41, 5.74) is -0.655. The maximum Gasteiger partial charge on any atom is 0.326 e. The Morgan fingerprint density at radius 3 is 3.07 bits per heavy atom. The van der Waals surface area contributed by atoms with Crippen molar-refractivity contribution in [2.75, 3.05) is 26.9 Å². The third-order valence-electron chi connectivity index (χ3n) is 2.67. The van der Waals surface area contributed by atoms with E-state index in [4.69, 9.17) is 15.9 Å². The Morgan fingerprint density at radius 1 is 1.60 bits per heavy atom. The van der Waals surface area contributed by atoms with Crippen LogP contribution in [-0.4, -0.2) is 38.4 Å². The van der Waals surface area contributed by atoms with Gasteiger partial charge in [0.2, 0.25) is 0 Å². The molecule has 0 aromatic rings. The number of hydrogen-bond donors (Lipinski definition) is 1. The van der Waals surface area contributed by atoms with Crippen LogP contribution in [0.3, 0.4) is 0 Å². The summed E-state index contributed by atoms with van der Waals surface area (Å²) in [5, 5.41) is 3.08. The molecular formula is C11H17NO3. The van der Waals surface area contributed by atoms with Crippen LogP contribution in [0.15, 0.2) is 0 Å². The third kappa shape index (κ3) is 2.95. The van der Waals surface area contributed by atoms with E-state index < -0.39 is 5.54 Å². The summed E-state index contributed by atoms with van der Waals surface area (Å²) in [6, 6.07) is 0. The highest BCUT2D eigenvalue weighted by atomic mass is 16.5. The molecule has 15 heavy (non-hydrogen) atoms. The molecule has 0 aromatic heterocycles. The SMILES string of the molecule is C#CCNC1(C(=O)OC)CCCOCC1. The zero-order valence-electron chi connectivity index (χ0n) is 9.04. The molecule has 1 rings (SSSR count). The van der Waals surface area contributed by atoms with Crippen molar-refractivity contribution in [2.45, 2.75) is 24.8 Å². The quantitative estimate of drug-likeness (QED) is 0.539. The van der Waals surface area contributed by atoms with Crippen LogP contribution < -0.4 is 5.32 Å². The first kappa shape index (κ1) is 12.0. The summed E-state index contributed by atoms with van der Waals surface area (Å²) >= 11 is 0. The highest BCUT2D eigenvalue weighted by molar-refractivity contribution is 5.80. The fraction of sp³-hybridized carbons (Fsp3) is 0.727. The van der Waals surface area contributed by atoms with Crippen molar-refractivity contribution in [1.29, 1.82) is 0 Å². The van der Waals surface area contributed by atoms with E-state index in [1.54, 1.807) is 0 Å². The first-order valence-electron chi connectivity index (χ1n) is 5.10. The number of carbonyl (C=O) groups excluding carboxylic acids is 1. The second-order valence-corrected chi connectivity index (χ2v) is 3.60. The van der Waals surface area contributed by atoms with Crippen LogP contribution >= 0.6 is 0 Å². The summed E-state index contributed by atoms with van der Waals surface area (Å²) < 4.78 is 10.1. The Morgan fingerprint density at radius 2 is 2.40 bits per heavy atom. The van der Waals surface area contributed by atoms with Crippen molar-refractivity contribution in [2.24, 2.45) is 0 Å². The molecule has 0 spiro atoms. The number of nitrogens with one attached hydrogen (secondary N) is 1. The van der Waals surface area contributed by atoms with Gasteiger partial charge in [-0.3, -0.25) is 10.1 Å². The summed E-state index contributed by atoms with van der Waals surface area (Å²) in [6.07, 6.45) is 7.35. The van der Waals surface area contributed by atoms with E-state index in [9.17, 15) is 4.79 Å². The molecule has 0 saturated carbocycles. The second-order valence-electron chi connectivity index (χ2n) is 3.60. The molecule has 0 bridgehead atoms. The van der Waals surface area contributed by atoms with Crippen LogP contribution in [-0.2, 0) is 14.3 Å². The summed E-state index contributed by atoms with van der Waals surface area (Å²) in [7, 11) is 1.40. The topological polar surface area (TPSA) is 47.6 Å². The molecule has 1 N–H and O–H groups in total. The van der Waals surface area contributed by atoms with Crippen LogP contribution in [0.5, 0.6) is 0 Å². The van der Waals surface area contributed by atoms with E-state index >= 15 is 0 Å². The monoisotopic (exact) mass is 211 g/mol. The minimum absolute atomic E-state index is 0.247. The minimum Gasteiger partial charge on any atom is -0.468 e. The molecule has 1 atom stereocenters. The largest absolute Gasteiger partial charge is 0.468 e. The van der Waals surface area contributed by atoms with Crippen LogP contribution in [0.1, 0.15) is 19.3 Å². The van der Waals surface area contributed by atoms with E-state index in [0.29, 0.717) is 32.6 Å². The maximum atomic E-state index is 11.7. The summed E-state index contributed by atoms with van der Waals surface area (Å²) in [4.78, 5) is 11.7. The Balaban J connectivity index is 2.73. The zero-order chi connectivity index (χ0) is 11.1. The van der Waals surface area contributed by atoms with E-state index in [1.165, 1.54) is 7.11 Å². The number of rotatable bonds is 3. The molecule has 84 valence electrons. The highest BCUT2D eigenvalue weighted by Gasteiger charge is 2.39. The van der Waals surface area contributed by atoms with Gasteiger partial charge in [-0.1, -0.05) is 5.92 Å². The Kier molecular flexibility index (Phi) is 4.60. The second kappa shape index (κ2) is 5.74. The maximum absolute atomic E-state index is 11.7. The average molecular weight is 211 g/mol. The number of methoxy groups -OCH3 is 1. The molecule has 1 heterocycles. The van der Waals surface area contributed by atoms with E-state index in [-0.39, 0.29) is 5.97 Å². The lowest BCUT2D eigenvalue weighted by atomic mass is 9.90. The molecule has 0 amide bonds. The van der Waals surface area contributed by atoms with Crippen LogP contribution in [0.2, 0.25) is 0 Å². The van der Waals surface area contributed by atoms with Gasteiger partial charge in [0.05, 0.1) is 13.7 Å². The Hall–Kier alpha value is -1.05. The predicted molar refractivity (Wildman–Crippen MR) is 56.3 cm³/mol. The van der Waals surface area contributed by atoms with Crippen LogP contribution in [0.25, 0.3) is 0 Å². The van der Waals surface area contributed by atoms with Gasteiger partial charge in [0.25, 0.3) is 0 Å². The molecule has 0 aliphatic carbocycles. The van der Waals surface area contributed by atoms with Crippen molar-refractivity contribution in [3.05, 3.63) is 0 Å². The van der Waals surface area contributed by atoms with Gasteiger partial charge in [-0.05, 0) is 19.3 Å². The van der Waals surface area contributed by atoms with Crippen molar-refractivity contribution >= 4 is 5.97 Å². The van der Waals surface area contributed by atoms with Gasteiger partial charge in [0, 0.05) is 13.2 Å². The van der Waals surface area contributed by atoms with Crippen molar-refractivity contribution in [1.82, 2.24) is 5.32 Å². The molecule has 1 unspecified atom stereocenters. The van der Waals surface area contributed by atoms with E-state index in [0.717, 1.165) is 6.42 Å². The van der Waals surface area contributed by atoms with Gasteiger partial charge < -0.3 is 9.47 Å². The van der Waals surface area contributed by atoms with Gasteiger partial charge >= 0.3 is 5.97 Å².